The molecule has 0 bridgehead atoms. The molecule has 1 unspecified atom stereocenters. The van der Waals surface area contributed by atoms with Gasteiger partial charge in [-0.25, -0.2) is 8.60 Å². The van der Waals surface area contributed by atoms with Crippen LogP contribution in [0.15, 0.2) is 36.4 Å². The molecule has 0 saturated heterocycles. The first-order valence-corrected chi connectivity index (χ1v) is 6.46. The molecule has 7 heteroatoms. The first-order valence-electron chi connectivity index (χ1n) is 4.54. The van der Waals surface area contributed by atoms with Crippen LogP contribution in [0.5, 0.6) is 10.8 Å². The maximum atomic E-state index is 12.6. The van der Waals surface area contributed by atoms with Crippen LogP contribution in [0, 0.1) is 5.82 Å². The van der Waals surface area contributed by atoms with Crippen molar-refractivity contribution in [1.82, 2.24) is 0 Å². The van der Waals surface area contributed by atoms with E-state index in [1.165, 1.54) is 35.6 Å². The summed E-state index contributed by atoms with van der Waals surface area (Å²) < 4.78 is 39.5. The molecular formula is C10H8FNO3S2. The van der Waals surface area contributed by atoms with Gasteiger partial charge in [-0.2, -0.15) is 0 Å². The highest BCUT2D eigenvalue weighted by Gasteiger charge is 2.04. The first kappa shape index (κ1) is 12.0. The van der Waals surface area contributed by atoms with E-state index in [0.717, 1.165) is 0 Å². The van der Waals surface area contributed by atoms with Crippen molar-refractivity contribution in [2.75, 3.05) is 4.72 Å². The van der Waals surface area contributed by atoms with Crippen molar-refractivity contribution in [3.05, 3.63) is 42.2 Å². The summed E-state index contributed by atoms with van der Waals surface area (Å²) in [6, 6.07) is 8.88. The van der Waals surface area contributed by atoms with Crippen LogP contribution >= 0.6 is 11.3 Å². The minimum atomic E-state index is -2.10. The third kappa shape index (κ3) is 3.52. The van der Waals surface area contributed by atoms with Gasteiger partial charge in [0, 0.05) is 0 Å². The number of benzene rings is 1. The second kappa shape index (κ2) is 5.26. The van der Waals surface area contributed by atoms with Crippen LogP contribution in [0.3, 0.4) is 0 Å². The molecule has 2 rings (SSSR count). The van der Waals surface area contributed by atoms with Gasteiger partial charge in [-0.3, -0.25) is 9.27 Å². The molecule has 1 atom stereocenters. The Bertz CT molecular complexity index is 527. The molecule has 1 heterocycles. The van der Waals surface area contributed by atoms with E-state index in [4.69, 9.17) is 9.29 Å². The molecule has 0 aliphatic rings. The van der Waals surface area contributed by atoms with Crippen LogP contribution in [-0.2, 0) is 11.3 Å². The zero-order valence-corrected chi connectivity index (χ0v) is 10.1. The standard InChI is InChI=1S/C10H8FNO3S2/c11-7-1-3-8(4-2-7)15-10-6-5-9(16-10)12-17(13)14/h1-6,12H,(H,13,14). The summed E-state index contributed by atoms with van der Waals surface area (Å²) in [5.74, 6) is 0.173. The minimum Gasteiger partial charge on any atom is -0.447 e. The molecule has 1 aromatic heterocycles. The fourth-order valence-corrected chi connectivity index (χ4v) is 2.38. The average Bonchev–Trinajstić information content (AvgIpc) is 2.68. The Morgan fingerprint density at radius 1 is 1.24 bits per heavy atom. The molecule has 0 saturated carbocycles. The zero-order valence-electron chi connectivity index (χ0n) is 8.42. The van der Waals surface area contributed by atoms with Gasteiger partial charge < -0.3 is 4.74 Å². The van der Waals surface area contributed by atoms with Gasteiger partial charge in [-0.05, 0) is 36.4 Å². The minimum absolute atomic E-state index is 0.332. The van der Waals surface area contributed by atoms with Gasteiger partial charge in [0.1, 0.15) is 16.6 Å². The van der Waals surface area contributed by atoms with Crippen molar-refractivity contribution in [2.24, 2.45) is 0 Å². The molecule has 1 aromatic carbocycles. The molecule has 2 N–H and O–H groups in total. The predicted molar refractivity (Wildman–Crippen MR) is 65.2 cm³/mol. The van der Waals surface area contributed by atoms with Crippen molar-refractivity contribution in [3.8, 4) is 10.8 Å². The summed E-state index contributed by atoms with van der Waals surface area (Å²) in [4.78, 5) is 0. The number of hydrogen-bond donors (Lipinski definition) is 2. The largest absolute Gasteiger partial charge is 0.447 e. The van der Waals surface area contributed by atoms with Gasteiger partial charge in [0.15, 0.2) is 5.06 Å². The van der Waals surface area contributed by atoms with Gasteiger partial charge in [0.2, 0.25) is 0 Å². The Hall–Kier alpha value is -1.44. The van der Waals surface area contributed by atoms with Crippen molar-refractivity contribution in [1.29, 1.82) is 0 Å². The van der Waals surface area contributed by atoms with Crippen molar-refractivity contribution in [3.63, 3.8) is 0 Å². The Labute approximate surface area is 103 Å². The lowest BCUT2D eigenvalue weighted by molar-refractivity contribution is 0.494. The Morgan fingerprint density at radius 3 is 2.59 bits per heavy atom. The number of hydrogen-bond acceptors (Lipinski definition) is 3. The van der Waals surface area contributed by atoms with Crippen molar-refractivity contribution < 1.29 is 17.9 Å². The van der Waals surface area contributed by atoms with E-state index in [1.807, 2.05) is 0 Å². The van der Waals surface area contributed by atoms with Gasteiger partial charge in [0.25, 0.3) is 11.3 Å². The van der Waals surface area contributed by atoms with Crippen LogP contribution in [-0.4, -0.2) is 8.76 Å². The molecule has 0 radical (unpaired) electrons. The quantitative estimate of drug-likeness (QED) is 0.841. The molecule has 17 heavy (non-hydrogen) atoms. The molecule has 0 amide bonds. The summed E-state index contributed by atoms with van der Waals surface area (Å²) in [5.41, 5.74) is 0. The van der Waals surface area contributed by atoms with E-state index >= 15 is 0 Å². The lowest BCUT2D eigenvalue weighted by Gasteiger charge is -2.01. The van der Waals surface area contributed by atoms with E-state index < -0.39 is 11.3 Å². The molecule has 0 spiro atoms. The Morgan fingerprint density at radius 2 is 1.94 bits per heavy atom. The molecule has 2 aromatic rings. The molecule has 90 valence electrons. The molecular weight excluding hydrogens is 265 g/mol. The first-order chi connectivity index (χ1) is 8.13. The lowest BCUT2D eigenvalue weighted by atomic mass is 10.3. The lowest BCUT2D eigenvalue weighted by Crippen LogP contribution is -1.98. The normalized spacial score (nSPS) is 12.1. The molecule has 4 nitrogen and oxygen atoms in total. The van der Waals surface area contributed by atoms with Crippen LogP contribution < -0.4 is 9.46 Å². The Balaban J connectivity index is 2.06. The number of halogens is 1. The summed E-state index contributed by atoms with van der Waals surface area (Å²) in [5, 5.41) is 1.06. The van der Waals surface area contributed by atoms with Crippen LogP contribution in [0.2, 0.25) is 0 Å². The third-order valence-electron chi connectivity index (χ3n) is 1.80. The molecule has 0 aliphatic carbocycles. The summed E-state index contributed by atoms with van der Waals surface area (Å²) in [6.45, 7) is 0. The Kier molecular flexibility index (Phi) is 3.72. The summed E-state index contributed by atoms with van der Waals surface area (Å²) >= 11 is -0.917. The van der Waals surface area contributed by atoms with Crippen LogP contribution in [0.25, 0.3) is 0 Å². The van der Waals surface area contributed by atoms with E-state index in [0.29, 0.717) is 15.8 Å². The number of rotatable bonds is 4. The second-order valence-electron chi connectivity index (χ2n) is 3.03. The van der Waals surface area contributed by atoms with E-state index in [1.54, 1.807) is 12.1 Å². The van der Waals surface area contributed by atoms with Crippen LogP contribution in [0.1, 0.15) is 0 Å². The average molecular weight is 273 g/mol. The zero-order chi connectivity index (χ0) is 12.3. The number of nitrogens with one attached hydrogen (secondary N) is 1. The van der Waals surface area contributed by atoms with E-state index in [-0.39, 0.29) is 5.82 Å². The van der Waals surface area contributed by atoms with E-state index in [2.05, 4.69) is 4.72 Å². The van der Waals surface area contributed by atoms with E-state index in [9.17, 15) is 8.60 Å². The topological polar surface area (TPSA) is 58.6 Å². The monoisotopic (exact) mass is 273 g/mol. The second-order valence-corrected chi connectivity index (χ2v) is 4.77. The van der Waals surface area contributed by atoms with Gasteiger partial charge in [-0.1, -0.05) is 11.3 Å². The molecule has 0 fully saturated rings. The SMILES string of the molecule is O=S(O)Nc1ccc(Oc2ccc(F)cc2)s1. The number of ether oxygens (including phenoxy) is 1. The smallest absolute Gasteiger partial charge is 0.259 e. The fourth-order valence-electron chi connectivity index (χ4n) is 1.13. The van der Waals surface area contributed by atoms with Gasteiger partial charge in [-0.15, -0.1) is 0 Å². The predicted octanol–water partition coefficient (Wildman–Crippen LogP) is 3.23. The highest BCUT2D eigenvalue weighted by atomic mass is 32.2. The summed E-state index contributed by atoms with van der Waals surface area (Å²) in [7, 11) is 0. The third-order valence-corrected chi connectivity index (χ3v) is 3.20. The maximum Gasteiger partial charge on any atom is 0.259 e. The van der Waals surface area contributed by atoms with Gasteiger partial charge >= 0.3 is 0 Å². The van der Waals surface area contributed by atoms with Gasteiger partial charge in [0.05, 0.1) is 0 Å². The maximum absolute atomic E-state index is 12.6. The fraction of sp³-hybridized carbons (Fsp3) is 0. The molecule has 0 aliphatic heterocycles. The highest BCUT2D eigenvalue weighted by Crippen LogP contribution is 2.32. The summed E-state index contributed by atoms with van der Waals surface area (Å²) in [6.07, 6.45) is 0. The van der Waals surface area contributed by atoms with Crippen LogP contribution in [0.4, 0.5) is 9.39 Å². The number of thiophene rings is 1. The number of anilines is 1. The van der Waals surface area contributed by atoms with Crippen molar-refractivity contribution >= 4 is 27.6 Å². The highest BCUT2D eigenvalue weighted by molar-refractivity contribution is 7.80. The van der Waals surface area contributed by atoms with Crippen molar-refractivity contribution in [2.45, 2.75) is 0 Å².